The first kappa shape index (κ1) is 11.5. The van der Waals surface area contributed by atoms with Crippen LogP contribution in [0.15, 0.2) is 0 Å². The number of carbonyl (C=O) groups is 1. The minimum absolute atomic E-state index is 0.0266. The van der Waals surface area contributed by atoms with E-state index in [-0.39, 0.29) is 11.4 Å². The van der Waals surface area contributed by atoms with E-state index in [1.54, 1.807) is 6.92 Å². The number of amides is 1. The maximum Gasteiger partial charge on any atom is 0.237 e. The van der Waals surface area contributed by atoms with Crippen LogP contribution in [0.5, 0.6) is 0 Å². The number of nitrogens with one attached hydrogen (secondary N) is 1. The third-order valence-electron chi connectivity index (χ3n) is 3.49. The van der Waals surface area contributed by atoms with Crippen LogP contribution in [0.2, 0.25) is 0 Å². The molecule has 0 aromatic rings. The summed E-state index contributed by atoms with van der Waals surface area (Å²) in [7, 11) is 0. The van der Waals surface area contributed by atoms with E-state index < -0.39 is 6.04 Å². The molecule has 1 rings (SSSR count). The van der Waals surface area contributed by atoms with Crippen molar-refractivity contribution < 1.29 is 4.79 Å². The van der Waals surface area contributed by atoms with Gasteiger partial charge in [0.15, 0.2) is 0 Å². The molecule has 2 unspecified atom stereocenters. The lowest BCUT2D eigenvalue weighted by Gasteiger charge is -2.40. The van der Waals surface area contributed by atoms with Crippen LogP contribution in [0.25, 0.3) is 0 Å². The molecule has 1 fully saturated rings. The molecular formula is C11H22N2O. The quantitative estimate of drug-likeness (QED) is 0.705. The molecule has 0 radical (unpaired) electrons. The standard InChI is InChI=1S/C11H22N2O/c1-8-6-4-5-7-11(8,3)13-10(14)9(2)12/h8-9H,4-7,12H2,1-3H3,(H,13,14)/t8?,9-,11?/m0/s1. The van der Waals surface area contributed by atoms with Gasteiger partial charge in [0.25, 0.3) is 0 Å². The molecule has 3 nitrogen and oxygen atoms in total. The van der Waals surface area contributed by atoms with Gasteiger partial charge in [-0.05, 0) is 32.6 Å². The Morgan fingerprint density at radius 2 is 2.21 bits per heavy atom. The van der Waals surface area contributed by atoms with Crippen molar-refractivity contribution >= 4 is 5.91 Å². The smallest absolute Gasteiger partial charge is 0.237 e. The Labute approximate surface area is 86.4 Å². The molecule has 1 amide bonds. The molecule has 0 saturated heterocycles. The van der Waals surface area contributed by atoms with Crippen molar-refractivity contribution in [1.29, 1.82) is 0 Å². The second-order valence-electron chi connectivity index (χ2n) is 4.84. The number of nitrogens with two attached hydrogens (primary N) is 1. The maximum absolute atomic E-state index is 11.5. The maximum atomic E-state index is 11.5. The highest BCUT2D eigenvalue weighted by atomic mass is 16.2. The van der Waals surface area contributed by atoms with E-state index in [1.165, 1.54) is 19.3 Å². The molecule has 3 N–H and O–H groups in total. The molecule has 1 saturated carbocycles. The summed E-state index contributed by atoms with van der Waals surface area (Å²) in [5.74, 6) is 0.528. The minimum Gasteiger partial charge on any atom is -0.349 e. The summed E-state index contributed by atoms with van der Waals surface area (Å²) in [5, 5.41) is 3.08. The second-order valence-corrected chi connectivity index (χ2v) is 4.84. The third-order valence-corrected chi connectivity index (χ3v) is 3.49. The molecule has 0 aliphatic heterocycles. The monoisotopic (exact) mass is 198 g/mol. The van der Waals surface area contributed by atoms with E-state index >= 15 is 0 Å². The normalized spacial score (nSPS) is 35.0. The first-order valence-electron chi connectivity index (χ1n) is 5.53. The number of rotatable bonds is 2. The first-order chi connectivity index (χ1) is 6.46. The van der Waals surface area contributed by atoms with Crippen LogP contribution in [-0.2, 0) is 4.79 Å². The van der Waals surface area contributed by atoms with Gasteiger partial charge in [-0.2, -0.15) is 0 Å². The Morgan fingerprint density at radius 3 is 2.71 bits per heavy atom. The summed E-state index contributed by atoms with van der Waals surface area (Å²) in [6, 6.07) is -0.402. The van der Waals surface area contributed by atoms with Crippen molar-refractivity contribution in [1.82, 2.24) is 5.32 Å². The molecule has 0 aromatic carbocycles. The van der Waals surface area contributed by atoms with Crippen LogP contribution in [0.1, 0.15) is 46.5 Å². The van der Waals surface area contributed by atoms with E-state index in [9.17, 15) is 4.79 Å². The van der Waals surface area contributed by atoms with Gasteiger partial charge in [0.05, 0.1) is 6.04 Å². The molecule has 0 spiro atoms. The fourth-order valence-electron chi connectivity index (χ4n) is 2.09. The van der Waals surface area contributed by atoms with Gasteiger partial charge < -0.3 is 11.1 Å². The number of carbonyl (C=O) groups excluding carboxylic acids is 1. The molecule has 0 aromatic heterocycles. The van der Waals surface area contributed by atoms with Crippen molar-refractivity contribution in [2.45, 2.75) is 58.0 Å². The average Bonchev–Trinajstić information content (AvgIpc) is 2.10. The van der Waals surface area contributed by atoms with E-state index in [0.717, 1.165) is 6.42 Å². The summed E-state index contributed by atoms with van der Waals surface area (Å²) in [6.07, 6.45) is 4.77. The average molecular weight is 198 g/mol. The van der Waals surface area contributed by atoms with E-state index in [4.69, 9.17) is 5.73 Å². The Bertz CT molecular complexity index is 215. The summed E-state index contributed by atoms with van der Waals surface area (Å²) in [4.78, 5) is 11.5. The summed E-state index contributed by atoms with van der Waals surface area (Å²) in [6.45, 7) is 6.07. The summed E-state index contributed by atoms with van der Waals surface area (Å²) in [5.41, 5.74) is 5.51. The Morgan fingerprint density at radius 1 is 1.57 bits per heavy atom. The number of hydrogen-bond donors (Lipinski definition) is 2. The van der Waals surface area contributed by atoms with Gasteiger partial charge in [-0.3, -0.25) is 4.79 Å². The van der Waals surface area contributed by atoms with E-state index in [1.807, 2.05) is 0 Å². The van der Waals surface area contributed by atoms with Gasteiger partial charge in [0.1, 0.15) is 0 Å². The van der Waals surface area contributed by atoms with Crippen LogP contribution in [0.3, 0.4) is 0 Å². The lowest BCUT2D eigenvalue weighted by molar-refractivity contribution is -0.124. The van der Waals surface area contributed by atoms with Crippen molar-refractivity contribution in [3.8, 4) is 0 Å². The van der Waals surface area contributed by atoms with Gasteiger partial charge in [-0.15, -0.1) is 0 Å². The molecule has 82 valence electrons. The van der Waals surface area contributed by atoms with Crippen molar-refractivity contribution in [2.24, 2.45) is 11.7 Å². The van der Waals surface area contributed by atoms with Crippen LogP contribution in [0, 0.1) is 5.92 Å². The Kier molecular flexibility index (Phi) is 3.53. The minimum atomic E-state index is -0.402. The van der Waals surface area contributed by atoms with Crippen LogP contribution in [0.4, 0.5) is 0 Å². The van der Waals surface area contributed by atoms with Crippen LogP contribution in [-0.4, -0.2) is 17.5 Å². The lowest BCUT2D eigenvalue weighted by Crippen LogP contribution is -2.55. The molecule has 14 heavy (non-hydrogen) atoms. The number of hydrogen-bond acceptors (Lipinski definition) is 2. The zero-order valence-corrected chi connectivity index (χ0v) is 9.47. The predicted molar refractivity (Wildman–Crippen MR) is 57.8 cm³/mol. The second kappa shape index (κ2) is 4.30. The Hall–Kier alpha value is -0.570. The molecule has 0 bridgehead atoms. The summed E-state index contributed by atoms with van der Waals surface area (Å²) < 4.78 is 0. The molecule has 1 aliphatic rings. The third kappa shape index (κ3) is 2.47. The highest BCUT2D eigenvalue weighted by Gasteiger charge is 2.35. The van der Waals surface area contributed by atoms with Gasteiger partial charge in [-0.25, -0.2) is 0 Å². The summed E-state index contributed by atoms with van der Waals surface area (Å²) >= 11 is 0. The SMILES string of the molecule is CC1CCCCC1(C)NC(=O)[C@H](C)N. The zero-order valence-electron chi connectivity index (χ0n) is 9.47. The van der Waals surface area contributed by atoms with Crippen LogP contribution >= 0.6 is 0 Å². The first-order valence-corrected chi connectivity index (χ1v) is 5.53. The topological polar surface area (TPSA) is 55.1 Å². The van der Waals surface area contributed by atoms with E-state index in [0.29, 0.717) is 5.92 Å². The predicted octanol–water partition coefficient (Wildman–Crippen LogP) is 1.42. The van der Waals surface area contributed by atoms with Gasteiger partial charge >= 0.3 is 0 Å². The largest absolute Gasteiger partial charge is 0.349 e. The van der Waals surface area contributed by atoms with E-state index in [2.05, 4.69) is 19.2 Å². The highest BCUT2D eigenvalue weighted by molar-refractivity contribution is 5.81. The fourth-order valence-corrected chi connectivity index (χ4v) is 2.09. The zero-order chi connectivity index (χ0) is 10.8. The van der Waals surface area contributed by atoms with Crippen molar-refractivity contribution in [2.75, 3.05) is 0 Å². The van der Waals surface area contributed by atoms with Gasteiger partial charge in [0, 0.05) is 5.54 Å². The highest BCUT2D eigenvalue weighted by Crippen LogP contribution is 2.33. The molecule has 3 atom stereocenters. The molecule has 3 heteroatoms. The van der Waals surface area contributed by atoms with Crippen molar-refractivity contribution in [3.63, 3.8) is 0 Å². The molecule has 0 heterocycles. The van der Waals surface area contributed by atoms with Gasteiger partial charge in [-0.1, -0.05) is 19.8 Å². The van der Waals surface area contributed by atoms with Gasteiger partial charge in [0.2, 0.25) is 5.91 Å². The Balaban J connectivity index is 2.59. The fraction of sp³-hybridized carbons (Fsp3) is 0.909. The van der Waals surface area contributed by atoms with Crippen molar-refractivity contribution in [3.05, 3.63) is 0 Å². The lowest BCUT2D eigenvalue weighted by atomic mass is 9.75. The molecular weight excluding hydrogens is 176 g/mol. The molecule has 1 aliphatic carbocycles. The van der Waals surface area contributed by atoms with Crippen LogP contribution < -0.4 is 11.1 Å².